The predicted molar refractivity (Wildman–Crippen MR) is 68.2 cm³/mol. The molecule has 16 heavy (non-hydrogen) atoms. The van der Waals surface area contributed by atoms with Gasteiger partial charge in [-0.1, -0.05) is 6.92 Å². The molecule has 0 saturated heterocycles. The lowest BCUT2D eigenvalue weighted by Crippen LogP contribution is -2.46. The molecule has 0 amide bonds. The number of likely N-dealkylation sites (N-methyl/N-ethyl adjacent to an activating group) is 1. The van der Waals surface area contributed by atoms with Crippen molar-refractivity contribution < 1.29 is 0 Å². The summed E-state index contributed by atoms with van der Waals surface area (Å²) in [6, 6.07) is 4.37. The Hall–Kier alpha value is -0.930. The normalized spacial score (nSPS) is 14.1. The van der Waals surface area contributed by atoms with E-state index in [1.165, 1.54) is 5.56 Å². The Morgan fingerprint density at radius 3 is 2.25 bits per heavy atom. The molecule has 1 aromatic rings. The molecule has 3 heteroatoms. The van der Waals surface area contributed by atoms with Crippen molar-refractivity contribution in [1.29, 1.82) is 0 Å². The molecule has 0 aliphatic carbocycles. The fraction of sp³-hybridized carbons (Fsp3) is 0.615. The van der Waals surface area contributed by atoms with E-state index in [9.17, 15) is 0 Å². The maximum atomic E-state index is 5.92. The highest BCUT2D eigenvalue weighted by Crippen LogP contribution is 2.26. The third-order valence-corrected chi connectivity index (χ3v) is 2.89. The van der Waals surface area contributed by atoms with Gasteiger partial charge in [-0.05, 0) is 45.0 Å². The maximum absolute atomic E-state index is 5.92. The smallest absolute Gasteiger partial charge is 0.0476 e. The molecule has 0 bridgehead atoms. The summed E-state index contributed by atoms with van der Waals surface area (Å²) >= 11 is 0. The SMILES string of the molecule is CCN(C(CN)c1ccncc1)C(C)(C)C. The highest BCUT2D eigenvalue weighted by atomic mass is 15.2. The average molecular weight is 221 g/mol. The molecule has 3 nitrogen and oxygen atoms in total. The highest BCUT2D eigenvalue weighted by Gasteiger charge is 2.27. The van der Waals surface area contributed by atoms with Crippen LogP contribution in [0.2, 0.25) is 0 Å². The van der Waals surface area contributed by atoms with Gasteiger partial charge < -0.3 is 5.73 Å². The summed E-state index contributed by atoms with van der Waals surface area (Å²) in [5.41, 5.74) is 7.29. The maximum Gasteiger partial charge on any atom is 0.0476 e. The van der Waals surface area contributed by atoms with Gasteiger partial charge in [-0.2, -0.15) is 0 Å². The van der Waals surface area contributed by atoms with Crippen molar-refractivity contribution in [2.45, 2.75) is 39.3 Å². The molecular weight excluding hydrogens is 198 g/mol. The van der Waals surface area contributed by atoms with Gasteiger partial charge in [0, 0.05) is 30.5 Å². The first kappa shape index (κ1) is 13.1. The largest absolute Gasteiger partial charge is 0.329 e. The van der Waals surface area contributed by atoms with Crippen LogP contribution in [0.5, 0.6) is 0 Å². The second-order valence-corrected chi connectivity index (χ2v) is 4.99. The van der Waals surface area contributed by atoms with Crippen molar-refractivity contribution in [2.75, 3.05) is 13.1 Å². The summed E-state index contributed by atoms with van der Waals surface area (Å²) in [5.74, 6) is 0. The minimum Gasteiger partial charge on any atom is -0.329 e. The first-order chi connectivity index (χ1) is 7.50. The van der Waals surface area contributed by atoms with E-state index in [-0.39, 0.29) is 11.6 Å². The summed E-state index contributed by atoms with van der Waals surface area (Å²) in [5, 5.41) is 0. The molecule has 0 aliphatic rings. The Balaban J connectivity index is 2.97. The van der Waals surface area contributed by atoms with Crippen molar-refractivity contribution in [3.05, 3.63) is 30.1 Å². The summed E-state index contributed by atoms with van der Waals surface area (Å²) in [6.07, 6.45) is 3.66. The summed E-state index contributed by atoms with van der Waals surface area (Å²) < 4.78 is 0. The third-order valence-electron chi connectivity index (χ3n) is 2.89. The molecule has 90 valence electrons. The van der Waals surface area contributed by atoms with Gasteiger partial charge in [0.2, 0.25) is 0 Å². The van der Waals surface area contributed by atoms with Crippen molar-refractivity contribution in [2.24, 2.45) is 5.73 Å². The zero-order chi connectivity index (χ0) is 12.2. The van der Waals surface area contributed by atoms with Gasteiger partial charge in [0.15, 0.2) is 0 Å². The fourth-order valence-electron chi connectivity index (χ4n) is 2.19. The number of pyridine rings is 1. The molecule has 0 fully saturated rings. The number of nitrogens with two attached hydrogens (primary N) is 1. The number of rotatable bonds is 4. The van der Waals surface area contributed by atoms with Crippen LogP contribution in [0.4, 0.5) is 0 Å². The van der Waals surface area contributed by atoms with E-state index in [1.54, 1.807) is 0 Å². The lowest BCUT2D eigenvalue weighted by molar-refractivity contribution is 0.0919. The second-order valence-electron chi connectivity index (χ2n) is 4.99. The van der Waals surface area contributed by atoms with Crippen LogP contribution in [-0.4, -0.2) is 28.5 Å². The van der Waals surface area contributed by atoms with E-state index in [4.69, 9.17) is 5.73 Å². The van der Waals surface area contributed by atoms with Crippen LogP contribution in [-0.2, 0) is 0 Å². The first-order valence-corrected chi connectivity index (χ1v) is 5.87. The van der Waals surface area contributed by atoms with Crippen LogP contribution < -0.4 is 5.73 Å². The minimum atomic E-state index is 0.127. The Morgan fingerprint density at radius 2 is 1.88 bits per heavy atom. The zero-order valence-electron chi connectivity index (χ0n) is 10.8. The van der Waals surface area contributed by atoms with Crippen molar-refractivity contribution in [3.63, 3.8) is 0 Å². The van der Waals surface area contributed by atoms with E-state index in [2.05, 4.69) is 37.6 Å². The van der Waals surface area contributed by atoms with Gasteiger partial charge in [-0.15, -0.1) is 0 Å². The van der Waals surface area contributed by atoms with Crippen LogP contribution in [0.15, 0.2) is 24.5 Å². The predicted octanol–water partition coefficient (Wildman–Crippen LogP) is 2.20. The van der Waals surface area contributed by atoms with Gasteiger partial charge in [0.05, 0.1) is 0 Å². The van der Waals surface area contributed by atoms with Crippen LogP contribution in [0.3, 0.4) is 0 Å². The van der Waals surface area contributed by atoms with Gasteiger partial charge in [0.1, 0.15) is 0 Å². The van der Waals surface area contributed by atoms with Gasteiger partial charge in [0.25, 0.3) is 0 Å². The van der Waals surface area contributed by atoms with E-state index in [0.717, 1.165) is 6.54 Å². The zero-order valence-corrected chi connectivity index (χ0v) is 10.8. The van der Waals surface area contributed by atoms with Gasteiger partial charge in [-0.3, -0.25) is 9.88 Å². The summed E-state index contributed by atoms with van der Waals surface area (Å²) in [7, 11) is 0. The summed E-state index contributed by atoms with van der Waals surface area (Å²) in [4.78, 5) is 6.47. The molecule has 2 N–H and O–H groups in total. The van der Waals surface area contributed by atoms with E-state index in [1.807, 2.05) is 24.5 Å². The molecule has 0 spiro atoms. The Labute approximate surface area is 98.7 Å². The van der Waals surface area contributed by atoms with E-state index >= 15 is 0 Å². The lowest BCUT2D eigenvalue weighted by atomic mass is 9.98. The molecule has 1 rings (SSSR count). The lowest BCUT2D eigenvalue weighted by Gasteiger charge is -2.40. The molecule has 1 aromatic heterocycles. The fourth-order valence-corrected chi connectivity index (χ4v) is 2.19. The van der Waals surface area contributed by atoms with Crippen LogP contribution in [0.1, 0.15) is 39.3 Å². The monoisotopic (exact) mass is 221 g/mol. The average Bonchev–Trinajstić information content (AvgIpc) is 2.25. The minimum absolute atomic E-state index is 0.127. The standard InChI is InChI=1S/C13H23N3/c1-5-16(13(2,3)4)12(10-14)11-6-8-15-9-7-11/h6-9,12H,5,10,14H2,1-4H3. The van der Waals surface area contributed by atoms with Crippen molar-refractivity contribution in [3.8, 4) is 0 Å². The van der Waals surface area contributed by atoms with E-state index in [0.29, 0.717) is 6.54 Å². The van der Waals surface area contributed by atoms with Crippen molar-refractivity contribution in [1.82, 2.24) is 9.88 Å². The molecule has 0 aromatic carbocycles. The second kappa shape index (κ2) is 5.41. The van der Waals surface area contributed by atoms with Crippen LogP contribution in [0.25, 0.3) is 0 Å². The Bertz CT molecular complexity index is 303. The summed E-state index contributed by atoms with van der Waals surface area (Å²) in [6.45, 7) is 10.5. The number of hydrogen-bond acceptors (Lipinski definition) is 3. The molecule has 1 atom stereocenters. The highest BCUT2D eigenvalue weighted by molar-refractivity contribution is 5.16. The number of nitrogens with zero attached hydrogens (tertiary/aromatic N) is 2. The quantitative estimate of drug-likeness (QED) is 0.847. The van der Waals surface area contributed by atoms with E-state index < -0.39 is 0 Å². The molecule has 0 radical (unpaired) electrons. The van der Waals surface area contributed by atoms with Crippen molar-refractivity contribution >= 4 is 0 Å². The first-order valence-electron chi connectivity index (χ1n) is 5.87. The molecular formula is C13H23N3. The topological polar surface area (TPSA) is 42.1 Å². The molecule has 1 unspecified atom stereocenters. The molecule has 0 saturated carbocycles. The Morgan fingerprint density at radius 1 is 1.31 bits per heavy atom. The third kappa shape index (κ3) is 3.03. The number of aromatic nitrogens is 1. The Kier molecular flexibility index (Phi) is 4.44. The van der Waals surface area contributed by atoms with Gasteiger partial charge >= 0.3 is 0 Å². The van der Waals surface area contributed by atoms with Crippen LogP contribution >= 0.6 is 0 Å². The van der Waals surface area contributed by atoms with Gasteiger partial charge in [-0.25, -0.2) is 0 Å². The molecule has 1 heterocycles. The molecule has 0 aliphatic heterocycles. The number of hydrogen-bond donors (Lipinski definition) is 1. The van der Waals surface area contributed by atoms with Crippen LogP contribution in [0, 0.1) is 0 Å².